The van der Waals surface area contributed by atoms with Crippen LogP contribution in [0.15, 0.2) is 43.0 Å². The number of fused-ring (bicyclic) bond motifs is 1. The summed E-state index contributed by atoms with van der Waals surface area (Å²) in [4.78, 5) is 11.0. The lowest BCUT2D eigenvalue weighted by Gasteiger charge is -2.12. The fourth-order valence-electron chi connectivity index (χ4n) is 1.87. The molecule has 16 heavy (non-hydrogen) atoms. The van der Waals surface area contributed by atoms with E-state index in [-0.39, 0.29) is 5.56 Å². The number of aromatic carboxylic acids is 1. The summed E-state index contributed by atoms with van der Waals surface area (Å²) < 4.78 is 0. The van der Waals surface area contributed by atoms with E-state index in [4.69, 9.17) is 0 Å². The van der Waals surface area contributed by atoms with Gasteiger partial charge in [-0.15, -0.1) is 0 Å². The number of rotatable bonds is 2. The Morgan fingerprint density at radius 1 is 1.12 bits per heavy atom. The van der Waals surface area contributed by atoms with E-state index < -0.39 is 5.97 Å². The van der Waals surface area contributed by atoms with Crippen molar-refractivity contribution in [3.8, 4) is 0 Å². The van der Waals surface area contributed by atoms with Crippen LogP contribution in [0.3, 0.4) is 0 Å². The summed E-state index contributed by atoms with van der Waals surface area (Å²) in [6, 6.07) is 10.8. The van der Waals surface area contributed by atoms with Crippen LogP contribution in [-0.2, 0) is 0 Å². The van der Waals surface area contributed by atoms with Crippen molar-refractivity contribution in [1.29, 1.82) is 0 Å². The average Bonchev–Trinajstić information content (AvgIpc) is 2.27. The molecular weight excluding hydrogens is 200 g/mol. The first-order chi connectivity index (χ1) is 7.61. The Hall–Kier alpha value is -2.09. The van der Waals surface area contributed by atoms with E-state index in [1.165, 1.54) is 0 Å². The highest BCUT2D eigenvalue weighted by Crippen LogP contribution is 2.26. The molecule has 2 nitrogen and oxygen atoms in total. The molecule has 0 spiro atoms. The van der Waals surface area contributed by atoms with Gasteiger partial charge in [0.2, 0.25) is 0 Å². The summed E-state index contributed by atoms with van der Waals surface area (Å²) in [5.74, 6) is -1.15. The van der Waals surface area contributed by atoms with Gasteiger partial charge >= 0.3 is 0 Å². The lowest BCUT2D eigenvalue weighted by Crippen LogP contribution is -2.22. The zero-order valence-corrected chi connectivity index (χ0v) is 8.99. The molecule has 80 valence electrons. The van der Waals surface area contributed by atoms with Crippen LogP contribution in [0.5, 0.6) is 0 Å². The van der Waals surface area contributed by atoms with Crippen LogP contribution in [0.25, 0.3) is 16.3 Å². The molecule has 0 radical (unpaired) electrons. The molecule has 0 heterocycles. The predicted molar refractivity (Wildman–Crippen MR) is 63.0 cm³/mol. The SMILES string of the molecule is C=C(C)c1cccc2cccc(C(=O)[O-])c12. The van der Waals surface area contributed by atoms with Crippen LogP contribution in [0, 0.1) is 0 Å². The van der Waals surface area contributed by atoms with E-state index in [2.05, 4.69) is 6.58 Å². The zero-order valence-electron chi connectivity index (χ0n) is 8.99. The molecule has 2 heteroatoms. The number of carbonyl (C=O) groups excluding carboxylic acids is 1. The van der Waals surface area contributed by atoms with Gasteiger partial charge in [0.25, 0.3) is 0 Å². The van der Waals surface area contributed by atoms with Crippen molar-refractivity contribution in [1.82, 2.24) is 0 Å². The molecule has 0 fully saturated rings. The van der Waals surface area contributed by atoms with Crippen molar-refractivity contribution in [2.75, 3.05) is 0 Å². The molecule has 0 saturated heterocycles. The first-order valence-electron chi connectivity index (χ1n) is 5.00. The third kappa shape index (κ3) is 1.58. The van der Waals surface area contributed by atoms with Gasteiger partial charge in [-0.05, 0) is 23.3 Å². The number of carbonyl (C=O) groups is 1. The largest absolute Gasteiger partial charge is 0.545 e. The highest BCUT2D eigenvalue weighted by atomic mass is 16.4. The smallest absolute Gasteiger partial charge is 0.0721 e. The first-order valence-corrected chi connectivity index (χ1v) is 5.00. The second kappa shape index (κ2) is 3.81. The van der Waals surface area contributed by atoms with Gasteiger partial charge in [-0.25, -0.2) is 0 Å². The Kier molecular flexibility index (Phi) is 2.49. The summed E-state index contributed by atoms with van der Waals surface area (Å²) in [6.45, 7) is 5.72. The monoisotopic (exact) mass is 211 g/mol. The van der Waals surface area contributed by atoms with Gasteiger partial charge in [-0.2, -0.15) is 0 Å². The molecule has 0 atom stereocenters. The van der Waals surface area contributed by atoms with Crippen molar-refractivity contribution < 1.29 is 9.90 Å². The standard InChI is InChI=1S/C14H12O2/c1-9(2)11-7-3-5-10-6-4-8-12(13(10)11)14(15)16/h3-8H,1H2,2H3,(H,15,16)/p-1. The number of hydrogen-bond acceptors (Lipinski definition) is 2. The van der Waals surface area contributed by atoms with E-state index >= 15 is 0 Å². The van der Waals surface area contributed by atoms with Gasteiger partial charge in [0.05, 0.1) is 5.97 Å². The third-order valence-electron chi connectivity index (χ3n) is 2.58. The van der Waals surface area contributed by atoms with Gasteiger partial charge in [0.15, 0.2) is 0 Å². The molecule has 0 aliphatic carbocycles. The molecule has 0 saturated carbocycles. The van der Waals surface area contributed by atoms with Gasteiger partial charge in [-0.3, -0.25) is 0 Å². The van der Waals surface area contributed by atoms with Crippen LogP contribution >= 0.6 is 0 Å². The number of allylic oxidation sites excluding steroid dienone is 1. The molecule has 2 aromatic rings. The van der Waals surface area contributed by atoms with Crippen molar-refractivity contribution in [3.05, 3.63) is 54.1 Å². The fraction of sp³-hybridized carbons (Fsp3) is 0.0714. The quantitative estimate of drug-likeness (QED) is 0.764. The van der Waals surface area contributed by atoms with E-state index in [0.29, 0.717) is 5.39 Å². The highest BCUT2D eigenvalue weighted by molar-refractivity contribution is 6.07. The summed E-state index contributed by atoms with van der Waals surface area (Å²) >= 11 is 0. The minimum absolute atomic E-state index is 0.219. The van der Waals surface area contributed by atoms with Gasteiger partial charge in [0.1, 0.15) is 0 Å². The molecule has 2 rings (SSSR count). The highest BCUT2D eigenvalue weighted by Gasteiger charge is 2.06. The second-order valence-electron chi connectivity index (χ2n) is 3.78. The Bertz CT molecular complexity index is 534. The Balaban J connectivity index is 2.92. The number of benzene rings is 2. The number of hydrogen-bond donors (Lipinski definition) is 0. The molecule has 0 aliphatic heterocycles. The Morgan fingerprint density at radius 2 is 1.69 bits per heavy atom. The third-order valence-corrected chi connectivity index (χ3v) is 2.58. The maximum Gasteiger partial charge on any atom is 0.0721 e. The molecule has 2 aromatic carbocycles. The van der Waals surface area contributed by atoms with Crippen molar-refractivity contribution in [3.63, 3.8) is 0 Å². The molecule has 0 amide bonds. The maximum absolute atomic E-state index is 11.0. The van der Waals surface area contributed by atoms with Crippen molar-refractivity contribution >= 4 is 22.3 Å². The van der Waals surface area contributed by atoms with Crippen LogP contribution < -0.4 is 5.11 Å². The van der Waals surface area contributed by atoms with Crippen LogP contribution in [0.2, 0.25) is 0 Å². The van der Waals surface area contributed by atoms with Crippen molar-refractivity contribution in [2.45, 2.75) is 6.92 Å². The molecule has 0 bridgehead atoms. The van der Waals surface area contributed by atoms with Crippen LogP contribution in [0.4, 0.5) is 0 Å². The van der Waals surface area contributed by atoms with E-state index in [1.807, 2.05) is 31.2 Å². The zero-order chi connectivity index (χ0) is 11.7. The first kappa shape index (κ1) is 10.4. The summed E-state index contributed by atoms with van der Waals surface area (Å²) in [5, 5.41) is 12.6. The summed E-state index contributed by atoms with van der Waals surface area (Å²) in [7, 11) is 0. The number of carboxylic acids is 1. The van der Waals surface area contributed by atoms with Gasteiger partial charge in [-0.1, -0.05) is 48.6 Å². The van der Waals surface area contributed by atoms with Crippen LogP contribution in [0.1, 0.15) is 22.8 Å². The minimum Gasteiger partial charge on any atom is -0.545 e. The lowest BCUT2D eigenvalue weighted by atomic mass is 9.96. The molecule has 0 unspecified atom stereocenters. The Labute approximate surface area is 93.8 Å². The maximum atomic E-state index is 11.0. The summed E-state index contributed by atoms with van der Waals surface area (Å²) in [6.07, 6.45) is 0. The number of carboxylic acid groups (broad SMARTS) is 1. The van der Waals surface area contributed by atoms with E-state index in [9.17, 15) is 9.90 Å². The molecular formula is C14H11O2-. The lowest BCUT2D eigenvalue weighted by molar-refractivity contribution is -0.254. The fourth-order valence-corrected chi connectivity index (χ4v) is 1.87. The normalized spacial score (nSPS) is 10.3. The second-order valence-corrected chi connectivity index (χ2v) is 3.78. The topological polar surface area (TPSA) is 40.1 Å². The van der Waals surface area contributed by atoms with Crippen LogP contribution in [-0.4, -0.2) is 5.97 Å². The summed E-state index contributed by atoms with van der Waals surface area (Å²) in [5.41, 5.74) is 1.92. The van der Waals surface area contributed by atoms with Gasteiger partial charge < -0.3 is 9.90 Å². The molecule has 0 aromatic heterocycles. The van der Waals surface area contributed by atoms with Crippen molar-refractivity contribution in [2.24, 2.45) is 0 Å². The molecule has 0 aliphatic rings. The van der Waals surface area contributed by atoms with E-state index in [0.717, 1.165) is 16.5 Å². The van der Waals surface area contributed by atoms with E-state index in [1.54, 1.807) is 12.1 Å². The minimum atomic E-state index is -1.15. The average molecular weight is 211 g/mol. The predicted octanol–water partition coefficient (Wildman–Crippen LogP) is 2.24. The Morgan fingerprint density at radius 3 is 2.19 bits per heavy atom. The van der Waals surface area contributed by atoms with Gasteiger partial charge in [0, 0.05) is 5.56 Å². The molecule has 0 N–H and O–H groups in total.